The van der Waals surface area contributed by atoms with E-state index in [0.717, 1.165) is 0 Å². The van der Waals surface area contributed by atoms with E-state index in [1.807, 2.05) is 5.01 Å². The third kappa shape index (κ3) is 4.59. The Hall–Kier alpha value is -2.06. The largest absolute Gasteiger partial charge is 0.387 e. The molecule has 2 aromatic heterocycles. The summed E-state index contributed by atoms with van der Waals surface area (Å²) in [7, 11) is -3.41. The third-order valence-electron chi connectivity index (χ3n) is 6.37. The number of nitrogens with one attached hydrogen (secondary N) is 1. The normalized spacial score (nSPS) is 26.4. The monoisotopic (exact) mass is 542 g/mol. The Morgan fingerprint density at radius 3 is 2.49 bits per heavy atom. The van der Waals surface area contributed by atoms with Crippen molar-refractivity contribution in [2.24, 2.45) is 0 Å². The molecule has 35 heavy (non-hydrogen) atoms. The number of hydrazine groups is 1. The smallest absolute Gasteiger partial charge is 0.226 e. The first-order chi connectivity index (χ1) is 16.8. The minimum Gasteiger partial charge on any atom is -0.387 e. The van der Waals surface area contributed by atoms with Crippen LogP contribution in [0.25, 0.3) is 11.2 Å². The fraction of sp³-hybridized carbons (Fsp3) is 0.476. The van der Waals surface area contributed by atoms with Crippen LogP contribution in [0.1, 0.15) is 19.1 Å². The summed E-state index contributed by atoms with van der Waals surface area (Å²) >= 11 is 12.0. The molecule has 3 aromatic rings. The van der Waals surface area contributed by atoms with Crippen molar-refractivity contribution in [2.75, 3.05) is 24.4 Å². The van der Waals surface area contributed by atoms with Crippen molar-refractivity contribution in [1.82, 2.24) is 24.5 Å². The molecule has 4 heterocycles. The van der Waals surface area contributed by atoms with E-state index in [0.29, 0.717) is 47.8 Å². The van der Waals surface area contributed by atoms with Crippen LogP contribution in [0.2, 0.25) is 5.28 Å². The van der Waals surface area contributed by atoms with E-state index in [1.165, 1.54) is 10.9 Å². The predicted octanol–water partition coefficient (Wildman–Crippen LogP) is 1.60. The fourth-order valence-electron chi connectivity index (χ4n) is 4.47. The third-order valence-corrected chi connectivity index (χ3v) is 9.13. The number of imidazole rings is 1. The molecule has 0 bridgehead atoms. The lowest BCUT2D eigenvalue weighted by Gasteiger charge is -2.32. The molecule has 1 aromatic carbocycles. The average molecular weight is 543 g/mol. The van der Waals surface area contributed by atoms with Crippen molar-refractivity contribution in [3.63, 3.8) is 0 Å². The summed E-state index contributed by atoms with van der Waals surface area (Å²) in [6.07, 6.45) is -1.75. The lowest BCUT2D eigenvalue weighted by atomic mass is 10.1. The molecule has 3 N–H and O–H groups in total. The van der Waals surface area contributed by atoms with E-state index < -0.39 is 39.6 Å². The first-order valence-corrected chi connectivity index (χ1v) is 13.5. The number of aliphatic hydroxyl groups is 2. The molecule has 2 fully saturated rings. The van der Waals surface area contributed by atoms with Gasteiger partial charge in [0, 0.05) is 13.1 Å². The van der Waals surface area contributed by atoms with Crippen LogP contribution >= 0.6 is 23.2 Å². The maximum atomic E-state index is 12.9. The van der Waals surface area contributed by atoms with Crippen molar-refractivity contribution in [1.29, 1.82) is 0 Å². The van der Waals surface area contributed by atoms with Crippen molar-refractivity contribution in [3.8, 4) is 0 Å². The molecule has 0 spiro atoms. The Morgan fingerprint density at radius 1 is 1.11 bits per heavy atom. The van der Waals surface area contributed by atoms with Crippen LogP contribution in [-0.4, -0.2) is 85.7 Å². The first kappa shape index (κ1) is 24.6. The quantitative estimate of drug-likeness (QED) is 0.310. The highest BCUT2D eigenvalue weighted by Gasteiger charge is 2.44. The second-order valence-electron chi connectivity index (χ2n) is 8.52. The number of fused-ring (bicyclic) bond motifs is 1. The fourth-order valence-corrected chi connectivity index (χ4v) is 6.64. The second-order valence-corrected chi connectivity index (χ2v) is 11.4. The van der Waals surface area contributed by atoms with Gasteiger partial charge in [0.1, 0.15) is 18.3 Å². The zero-order valence-electron chi connectivity index (χ0n) is 18.4. The molecule has 2 saturated heterocycles. The number of anilines is 1. The summed E-state index contributed by atoms with van der Waals surface area (Å²) in [6, 6.07) is 8.47. The highest BCUT2D eigenvalue weighted by molar-refractivity contribution is 7.92. The van der Waals surface area contributed by atoms with Crippen molar-refractivity contribution in [3.05, 3.63) is 41.9 Å². The predicted molar refractivity (Wildman–Crippen MR) is 129 cm³/mol. The van der Waals surface area contributed by atoms with Crippen LogP contribution in [-0.2, 0) is 14.6 Å². The van der Waals surface area contributed by atoms with Crippen LogP contribution in [0.15, 0.2) is 41.6 Å². The Bertz CT molecular complexity index is 1300. The Labute approximate surface area is 211 Å². The highest BCUT2D eigenvalue weighted by atomic mass is 35.5. The van der Waals surface area contributed by atoms with Gasteiger partial charge in [0.15, 0.2) is 33.0 Å². The van der Waals surface area contributed by atoms with Gasteiger partial charge in [0.25, 0.3) is 0 Å². The highest BCUT2D eigenvalue weighted by Crippen LogP contribution is 2.33. The van der Waals surface area contributed by atoms with Crippen molar-refractivity contribution in [2.45, 2.75) is 47.5 Å². The lowest BCUT2D eigenvalue weighted by molar-refractivity contribution is -0.0291. The number of ether oxygens (including phenoxy) is 1. The number of nitrogens with zero attached hydrogens (tertiary/aromatic N) is 5. The van der Waals surface area contributed by atoms with E-state index in [1.54, 1.807) is 30.3 Å². The molecule has 188 valence electrons. The summed E-state index contributed by atoms with van der Waals surface area (Å²) in [6.45, 7) is 0.934. The Morgan fingerprint density at radius 2 is 1.83 bits per heavy atom. The van der Waals surface area contributed by atoms with Gasteiger partial charge >= 0.3 is 0 Å². The molecule has 0 radical (unpaired) electrons. The second kappa shape index (κ2) is 9.77. The van der Waals surface area contributed by atoms with Gasteiger partial charge in [-0.05, 0) is 36.6 Å². The molecular weight excluding hydrogens is 519 g/mol. The standard InChI is InChI=1S/C21H24Cl2N6O5S/c22-10-14-16(30)17(31)20(34-14)29-11-24-15-18(25-21(23)26-19(15)29)27-28-8-6-13(7-9-28)35(32,33)12-4-2-1-3-5-12/h1-5,11,13-14,16-17,20,30-31H,6-10H2,(H,25,26,27)/t14-,16-,17-,20-/m1/s1. The van der Waals surface area contributed by atoms with E-state index in [2.05, 4.69) is 20.4 Å². The molecule has 2 aliphatic heterocycles. The number of hydrogen-bond donors (Lipinski definition) is 3. The number of rotatable bonds is 6. The molecule has 0 saturated carbocycles. The van der Waals surface area contributed by atoms with Gasteiger partial charge in [-0.3, -0.25) is 4.57 Å². The number of piperidine rings is 1. The summed E-state index contributed by atoms with van der Waals surface area (Å²) in [5.74, 6) is 0.352. The van der Waals surface area contributed by atoms with Crippen LogP contribution in [0.3, 0.4) is 0 Å². The number of benzene rings is 1. The minimum atomic E-state index is -3.41. The number of alkyl halides is 1. The molecule has 4 atom stereocenters. The molecule has 2 aliphatic rings. The molecule has 14 heteroatoms. The van der Waals surface area contributed by atoms with E-state index in [9.17, 15) is 18.6 Å². The number of halogens is 2. The minimum absolute atomic E-state index is 0.0137. The average Bonchev–Trinajstić information content (AvgIpc) is 3.40. The summed E-state index contributed by atoms with van der Waals surface area (Å²) in [5, 5.41) is 21.9. The molecule has 0 unspecified atom stereocenters. The van der Waals surface area contributed by atoms with Crippen molar-refractivity contribution < 1.29 is 23.4 Å². The number of aliphatic hydroxyl groups excluding tert-OH is 2. The van der Waals surface area contributed by atoms with Crippen LogP contribution in [0, 0.1) is 0 Å². The maximum Gasteiger partial charge on any atom is 0.226 e. The van der Waals surface area contributed by atoms with Gasteiger partial charge < -0.3 is 20.4 Å². The van der Waals surface area contributed by atoms with Crippen molar-refractivity contribution >= 4 is 50.0 Å². The van der Waals surface area contributed by atoms with Gasteiger partial charge in [-0.15, -0.1) is 11.6 Å². The Kier molecular flexibility index (Phi) is 6.87. The van der Waals surface area contributed by atoms with Gasteiger partial charge in [-0.1, -0.05) is 18.2 Å². The van der Waals surface area contributed by atoms with E-state index in [4.69, 9.17) is 27.9 Å². The van der Waals surface area contributed by atoms with E-state index in [-0.39, 0.29) is 11.2 Å². The maximum absolute atomic E-state index is 12.9. The molecule has 5 rings (SSSR count). The summed E-state index contributed by atoms with van der Waals surface area (Å²) in [5.41, 5.74) is 3.86. The van der Waals surface area contributed by atoms with Crippen LogP contribution in [0.4, 0.5) is 5.82 Å². The number of hydrogen-bond acceptors (Lipinski definition) is 10. The van der Waals surface area contributed by atoms with Gasteiger partial charge in [-0.2, -0.15) is 9.97 Å². The molecule has 0 amide bonds. The number of sulfone groups is 1. The topological polar surface area (TPSA) is 143 Å². The molecule has 0 aliphatic carbocycles. The number of aromatic nitrogens is 4. The van der Waals surface area contributed by atoms with Crippen LogP contribution in [0.5, 0.6) is 0 Å². The summed E-state index contributed by atoms with van der Waals surface area (Å²) in [4.78, 5) is 13.2. The van der Waals surface area contributed by atoms with Crippen LogP contribution < -0.4 is 5.43 Å². The first-order valence-electron chi connectivity index (χ1n) is 11.1. The van der Waals surface area contributed by atoms with E-state index >= 15 is 0 Å². The zero-order chi connectivity index (χ0) is 24.7. The molecule has 11 nitrogen and oxygen atoms in total. The zero-order valence-corrected chi connectivity index (χ0v) is 20.7. The molecular formula is C21H24Cl2N6O5S. The lowest BCUT2D eigenvalue weighted by Crippen LogP contribution is -2.42. The summed E-state index contributed by atoms with van der Waals surface area (Å²) < 4.78 is 33.1. The Balaban J connectivity index is 1.33. The SMILES string of the molecule is O=S(=O)(c1ccccc1)C1CCN(Nc2nc(Cl)nc3c2ncn3[C@@H]2O[C@H](CCl)[C@@H](O)[C@H]2O)CC1. The van der Waals surface area contributed by atoms with Gasteiger partial charge in [0.05, 0.1) is 22.4 Å². The van der Waals surface area contributed by atoms with Gasteiger partial charge in [-0.25, -0.2) is 18.4 Å². The van der Waals surface area contributed by atoms with Gasteiger partial charge in [0.2, 0.25) is 5.28 Å².